The molecule has 0 bridgehead atoms. The van der Waals surface area contributed by atoms with Gasteiger partial charge in [-0.05, 0) is 52.6 Å². The first-order chi connectivity index (χ1) is 23.6. The Morgan fingerprint density at radius 2 is 1.61 bits per heavy atom. The first-order valence-electron chi connectivity index (χ1n) is 16.4. The van der Waals surface area contributed by atoms with E-state index in [0.29, 0.717) is 18.7 Å². The van der Waals surface area contributed by atoms with Crippen LogP contribution in [0.4, 0.5) is 0 Å². The summed E-state index contributed by atoms with van der Waals surface area (Å²) in [5, 5.41) is 42.0. The lowest BCUT2D eigenvalue weighted by Gasteiger charge is -2.42. The number of carbonyl (C=O) groups excluding carboxylic acids is 1. The Balaban J connectivity index is 1.33. The van der Waals surface area contributed by atoms with Gasteiger partial charge in [0.2, 0.25) is 5.91 Å². The highest BCUT2D eigenvalue weighted by Gasteiger charge is 2.39. The van der Waals surface area contributed by atoms with E-state index >= 15 is 0 Å². The smallest absolute Gasteiger partial charge is 0.303 e. The number of likely N-dealkylation sites (N-methyl/N-ethyl adjacent to an activating group) is 1. The molecular formula is C39H44N2O8. The number of carboxylic acids is 1. The van der Waals surface area contributed by atoms with Crippen LogP contribution in [0.1, 0.15) is 66.1 Å². The van der Waals surface area contributed by atoms with Crippen molar-refractivity contribution in [3.05, 3.63) is 125 Å². The van der Waals surface area contributed by atoms with Crippen molar-refractivity contribution in [2.45, 2.75) is 57.5 Å². The van der Waals surface area contributed by atoms with Gasteiger partial charge in [0.1, 0.15) is 5.75 Å². The number of ether oxygens (including phenoxy) is 2. The maximum Gasteiger partial charge on any atom is 0.303 e. The number of nitrogens with zero attached hydrogens (tertiary/aromatic N) is 1. The van der Waals surface area contributed by atoms with Crippen LogP contribution in [0.25, 0.3) is 11.1 Å². The van der Waals surface area contributed by atoms with Crippen LogP contribution < -0.4 is 5.32 Å². The van der Waals surface area contributed by atoms with Gasteiger partial charge in [0, 0.05) is 37.5 Å². The fourth-order valence-corrected chi connectivity index (χ4v) is 6.12. The second kappa shape index (κ2) is 16.7. The molecule has 0 aliphatic carbocycles. The van der Waals surface area contributed by atoms with Crippen molar-refractivity contribution in [3.8, 4) is 16.9 Å². The third-order valence-electron chi connectivity index (χ3n) is 8.91. The van der Waals surface area contributed by atoms with Crippen LogP contribution >= 0.6 is 0 Å². The second-order valence-electron chi connectivity index (χ2n) is 12.6. The quantitative estimate of drug-likeness (QED) is 0.118. The molecule has 1 heterocycles. The monoisotopic (exact) mass is 668 g/mol. The molecule has 1 amide bonds. The number of phenolic OH excluding ortho intramolecular Hbond substituents is 1. The molecule has 1 saturated heterocycles. The number of aliphatic hydroxyl groups is 2. The van der Waals surface area contributed by atoms with Crippen LogP contribution in [-0.2, 0) is 32.2 Å². The number of benzene rings is 4. The van der Waals surface area contributed by atoms with Crippen molar-refractivity contribution in [3.63, 3.8) is 0 Å². The molecule has 258 valence electrons. The van der Waals surface area contributed by atoms with Gasteiger partial charge in [-0.25, -0.2) is 0 Å². The lowest BCUT2D eigenvalue weighted by molar-refractivity contribution is -0.276. The minimum Gasteiger partial charge on any atom is -0.508 e. The Labute approximate surface area is 286 Å². The zero-order chi connectivity index (χ0) is 34.9. The molecule has 10 heteroatoms. The van der Waals surface area contributed by atoms with E-state index in [1.165, 1.54) is 0 Å². The van der Waals surface area contributed by atoms with E-state index in [9.17, 15) is 24.9 Å². The predicted molar refractivity (Wildman–Crippen MR) is 184 cm³/mol. The maximum absolute atomic E-state index is 12.2. The van der Waals surface area contributed by atoms with E-state index in [2.05, 4.69) is 12.2 Å². The van der Waals surface area contributed by atoms with Crippen LogP contribution in [0.15, 0.2) is 97.1 Å². The molecule has 4 aromatic rings. The van der Waals surface area contributed by atoms with Crippen molar-refractivity contribution < 1.29 is 39.5 Å². The number of aliphatic hydroxyl groups excluding tert-OH is 2. The molecule has 5 N–H and O–H groups in total. The van der Waals surface area contributed by atoms with Crippen molar-refractivity contribution in [2.75, 3.05) is 20.1 Å². The third kappa shape index (κ3) is 9.53. The highest BCUT2D eigenvalue weighted by atomic mass is 16.7. The van der Waals surface area contributed by atoms with Crippen LogP contribution in [0.2, 0.25) is 0 Å². The van der Waals surface area contributed by atoms with E-state index in [4.69, 9.17) is 14.6 Å². The van der Waals surface area contributed by atoms with Gasteiger partial charge in [0.15, 0.2) is 6.29 Å². The third-order valence-corrected chi connectivity index (χ3v) is 8.91. The molecule has 1 aliphatic heterocycles. The Morgan fingerprint density at radius 3 is 2.31 bits per heavy atom. The lowest BCUT2D eigenvalue weighted by atomic mass is 9.90. The van der Waals surface area contributed by atoms with E-state index in [1.807, 2.05) is 84.7 Å². The first-order valence-corrected chi connectivity index (χ1v) is 16.4. The Hall–Kier alpha value is -4.58. The Morgan fingerprint density at radius 1 is 0.898 bits per heavy atom. The summed E-state index contributed by atoms with van der Waals surface area (Å²) in [7, 11) is 1.93. The summed E-state index contributed by atoms with van der Waals surface area (Å²) >= 11 is 0. The van der Waals surface area contributed by atoms with E-state index < -0.39 is 18.4 Å². The van der Waals surface area contributed by atoms with Crippen LogP contribution in [0.3, 0.4) is 0 Å². The number of aliphatic carboxylic acids is 1. The second-order valence-corrected chi connectivity index (χ2v) is 12.6. The van der Waals surface area contributed by atoms with Gasteiger partial charge in [-0.2, -0.15) is 0 Å². The lowest BCUT2D eigenvalue weighted by Crippen LogP contribution is -2.44. The molecular weight excluding hydrogens is 624 g/mol. The zero-order valence-electron chi connectivity index (χ0n) is 27.7. The minimum atomic E-state index is -1.01. The molecule has 5 atom stereocenters. The van der Waals surface area contributed by atoms with Crippen molar-refractivity contribution in [1.82, 2.24) is 10.2 Å². The van der Waals surface area contributed by atoms with Crippen LogP contribution in [0, 0.1) is 5.92 Å². The van der Waals surface area contributed by atoms with Crippen molar-refractivity contribution >= 4 is 11.9 Å². The molecule has 1 fully saturated rings. The number of aromatic hydroxyl groups is 1. The first kappa shape index (κ1) is 35.7. The maximum atomic E-state index is 12.2. The molecule has 49 heavy (non-hydrogen) atoms. The van der Waals surface area contributed by atoms with E-state index in [0.717, 1.165) is 33.4 Å². The molecule has 0 radical (unpaired) electrons. The zero-order valence-corrected chi connectivity index (χ0v) is 27.7. The van der Waals surface area contributed by atoms with Crippen molar-refractivity contribution in [1.29, 1.82) is 0 Å². The van der Waals surface area contributed by atoms with Gasteiger partial charge in [-0.15, -0.1) is 0 Å². The van der Waals surface area contributed by atoms with Crippen LogP contribution in [0.5, 0.6) is 5.75 Å². The number of nitrogens with one attached hydrogen (secondary N) is 1. The molecule has 4 aromatic carbocycles. The number of amides is 1. The number of carbonyl (C=O) groups is 2. The summed E-state index contributed by atoms with van der Waals surface area (Å²) < 4.78 is 13.2. The summed E-state index contributed by atoms with van der Waals surface area (Å²) in [4.78, 5) is 25.0. The summed E-state index contributed by atoms with van der Waals surface area (Å²) in [6.45, 7) is 3.17. The highest BCUT2D eigenvalue weighted by Crippen LogP contribution is 2.42. The number of hydrogen-bond donors (Lipinski definition) is 5. The Kier molecular flexibility index (Phi) is 12.2. The molecule has 0 spiro atoms. The molecule has 1 aliphatic rings. The number of rotatable bonds is 14. The van der Waals surface area contributed by atoms with Crippen LogP contribution in [-0.4, -0.2) is 63.4 Å². The average molecular weight is 669 g/mol. The van der Waals surface area contributed by atoms with E-state index in [-0.39, 0.29) is 55.8 Å². The largest absolute Gasteiger partial charge is 0.508 e. The average Bonchev–Trinajstić information content (AvgIpc) is 3.11. The number of carboxylic acid groups (broad SMARTS) is 1. The number of phenols is 1. The van der Waals surface area contributed by atoms with Gasteiger partial charge < -0.3 is 40.1 Å². The molecule has 10 nitrogen and oxygen atoms in total. The standard InChI is InChI=1S/C39H44N2O8/c1-25-35(23-41(2)22-34(44)30-7-5-8-32(43)20-30)48-39(49-38(25)28-12-10-26(24-42)11-13-28)29-16-14-27(15-17-29)33-9-4-3-6-31(33)21-40-36(45)18-19-37(46)47/h3-17,20,25,34-35,38-39,42-44H,18-19,21-24H2,1-2H3,(H,40,45)(H,46,47). The van der Waals surface area contributed by atoms with Gasteiger partial charge in [-0.3, -0.25) is 9.59 Å². The fraction of sp³-hybridized carbons (Fsp3) is 0.333. The normalized spacial score (nSPS) is 19.8. The Bertz CT molecular complexity index is 1690. The summed E-state index contributed by atoms with van der Waals surface area (Å²) in [6, 6.07) is 30.0. The molecule has 5 unspecified atom stereocenters. The number of hydrogen-bond acceptors (Lipinski definition) is 8. The minimum absolute atomic E-state index is 0.0470. The summed E-state index contributed by atoms with van der Waals surface area (Å²) in [6.07, 6.45) is -2.32. The summed E-state index contributed by atoms with van der Waals surface area (Å²) in [5.74, 6) is -1.27. The molecule has 0 aromatic heterocycles. The van der Waals surface area contributed by atoms with Gasteiger partial charge in [0.05, 0.1) is 31.3 Å². The van der Waals surface area contributed by atoms with Gasteiger partial charge in [0.25, 0.3) is 0 Å². The van der Waals surface area contributed by atoms with Gasteiger partial charge in [-0.1, -0.05) is 91.9 Å². The highest BCUT2D eigenvalue weighted by molar-refractivity contribution is 5.80. The molecule has 0 saturated carbocycles. The summed E-state index contributed by atoms with van der Waals surface area (Å²) in [5.41, 5.74) is 6.04. The SMILES string of the molecule is CC1C(CN(C)CC(O)c2cccc(O)c2)OC(c2ccc(-c3ccccc3CNC(=O)CCC(=O)O)cc2)OC1c1ccc(CO)cc1. The topological polar surface area (TPSA) is 149 Å². The van der Waals surface area contributed by atoms with Gasteiger partial charge >= 0.3 is 5.97 Å². The van der Waals surface area contributed by atoms with E-state index in [1.54, 1.807) is 24.3 Å². The predicted octanol–water partition coefficient (Wildman–Crippen LogP) is 5.49. The van der Waals surface area contributed by atoms with Crippen molar-refractivity contribution in [2.24, 2.45) is 5.92 Å². The fourth-order valence-electron chi connectivity index (χ4n) is 6.12. The molecule has 5 rings (SSSR count).